The molecular weight excluding hydrogens is 616 g/mol. The van der Waals surface area contributed by atoms with Gasteiger partial charge in [0.1, 0.15) is 6.04 Å². The maximum Gasteiger partial charge on any atom is 0.245 e. The van der Waals surface area contributed by atoms with Gasteiger partial charge in [0, 0.05) is 24.4 Å². The van der Waals surface area contributed by atoms with Crippen molar-refractivity contribution in [2.45, 2.75) is 115 Å². The van der Waals surface area contributed by atoms with Gasteiger partial charge in [0.05, 0.1) is 24.1 Å². The number of nitrogens with two attached hydrogens (primary N) is 2. The van der Waals surface area contributed by atoms with Crippen LogP contribution in [0.5, 0.6) is 0 Å². The number of nitriles is 1. The van der Waals surface area contributed by atoms with E-state index in [4.69, 9.17) is 11.5 Å². The normalized spacial score (nSPS) is 20.9. The first kappa shape index (κ1) is 37.7. The van der Waals surface area contributed by atoms with E-state index in [0.717, 1.165) is 30.4 Å². The van der Waals surface area contributed by atoms with Gasteiger partial charge in [-0.05, 0) is 87.8 Å². The molecule has 2 aromatic carbocycles. The number of nitrogens with zero attached hydrogens (tertiary/aromatic N) is 2. The molecule has 2 fully saturated rings. The number of amides is 3. The van der Waals surface area contributed by atoms with Gasteiger partial charge in [-0.15, -0.1) is 0 Å². The third kappa shape index (κ3) is 11.0. The third-order valence-electron chi connectivity index (χ3n) is 9.93. The van der Waals surface area contributed by atoms with Crippen molar-refractivity contribution in [1.82, 2.24) is 15.5 Å². The summed E-state index contributed by atoms with van der Waals surface area (Å²) in [7, 11) is 0. The molecule has 2 saturated heterocycles. The number of nitrogens with one attached hydrogen (secondary N) is 2. The number of rotatable bonds is 18. The first-order valence-corrected chi connectivity index (χ1v) is 18.0. The van der Waals surface area contributed by atoms with E-state index in [0.29, 0.717) is 45.1 Å². The van der Waals surface area contributed by atoms with E-state index in [2.05, 4.69) is 16.7 Å². The molecule has 0 aromatic heterocycles. The highest BCUT2D eigenvalue weighted by Crippen LogP contribution is 2.39. The van der Waals surface area contributed by atoms with Crippen LogP contribution in [0.1, 0.15) is 82.8 Å². The van der Waals surface area contributed by atoms with Gasteiger partial charge in [-0.3, -0.25) is 19.2 Å². The molecule has 0 saturated carbocycles. The predicted molar refractivity (Wildman–Crippen MR) is 190 cm³/mol. The van der Waals surface area contributed by atoms with Crippen molar-refractivity contribution in [2.24, 2.45) is 29.2 Å². The minimum atomic E-state index is -0.877. The summed E-state index contributed by atoms with van der Waals surface area (Å²) in [4.78, 5) is 57.3. The lowest BCUT2D eigenvalue weighted by molar-refractivity contribution is -0.142. The molecule has 0 radical (unpaired) electrons. The Kier molecular flexibility index (Phi) is 14.3. The Balaban J connectivity index is 1.49. The summed E-state index contributed by atoms with van der Waals surface area (Å²) in [6, 6.07) is 18.9. The Morgan fingerprint density at radius 2 is 1.43 bits per heavy atom. The number of hydrogen-bond donors (Lipinski definition) is 4. The van der Waals surface area contributed by atoms with Gasteiger partial charge in [-0.25, -0.2) is 0 Å². The maximum absolute atomic E-state index is 14.0. The molecule has 2 aliphatic rings. The summed E-state index contributed by atoms with van der Waals surface area (Å²) in [6.45, 7) is 4.48. The zero-order valence-electron chi connectivity index (χ0n) is 29.1. The molecule has 6 N–H and O–H groups in total. The molecule has 0 spiro atoms. The fourth-order valence-corrected chi connectivity index (χ4v) is 7.43. The number of ketones is 1. The van der Waals surface area contributed by atoms with Crippen molar-refractivity contribution >= 4 is 23.5 Å². The molecule has 2 aliphatic heterocycles. The zero-order chi connectivity index (χ0) is 35.3. The fourth-order valence-electron chi connectivity index (χ4n) is 7.43. The fraction of sp³-hybridized carbons (Fsp3) is 0.564. The monoisotopic (exact) mass is 670 g/mol. The minimum Gasteiger partial charge on any atom is -0.345 e. The Labute approximate surface area is 291 Å². The van der Waals surface area contributed by atoms with Crippen LogP contribution in [0.4, 0.5) is 0 Å². The summed E-state index contributed by atoms with van der Waals surface area (Å²) in [5.41, 5.74) is 13.9. The summed E-state index contributed by atoms with van der Waals surface area (Å²) in [5.74, 6) is -1.76. The van der Waals surface area contributed by atoms with Gasteiger partial charge in [0.2, 0.25) is 17.7 Å². The van der Waals surface area contributed by atoms with Crippen LogP contribution in [0.15, 0.2) is 60.7 Å². The lowest BCUT2D eigenvalue weighted by Crippen LogP contribution is -2.55. The van der Waals surface area contributed by atoms with E-state index in [9.17, 15) is 24.4 Å². The van der Waals surface area contributed by atoms with Crippen molar-refractivity contribution in [3.63, 3.8) is 0 Å². The van der Waals surface area contributed by atoms with Crippen LogP contribution in [0.25, 0.3) is 0 Å². The van der Waals surface area contributed by atoms with E-state index in [1.54, 1.807) is 0 Å². The van der Waals surface area contributed by atoms with Crippen LogP contribution in [0.2, 0.25) is 0 Å². The molecule has 3 amide bonds. The molecule has 2 heterocycles. The molecule has 10 heteroatoms. The lowest BCUT2D eigenvalue weighted by Gasteiger charge is -2.39. The molecule has 2 bridgehead atoms. The number of carbonyl (C=O) groups excluding carboxylic acids is 4. The number of piperidine rings is 1. The molecule has 49 heavy (non-hydrogen) atoms. The molecule has 10 nitrogen and oxygen atoms in total. The van der Waals surface area contributed by atoms with Crippen molar-refractivity contribution in [3.8, 4) is 6.07 Å². The van der Waals surface area contributed by atoms with Crippen LogP contribution in [0, 0.1) is 29.1 Å². The topological polar surface area (TPSA) is 171 Å². The maximum atomic E-state index is 14.0. The molecular formula is C39H54N6O4. The van der Waals surface area contributed by atoms with Crippen LogP contribution < -0.4 is 22.1 Å². The number of Topliss-reactive ketones (excluding diaryl/α,β-unsaturated/α-hetero) is 1. The second-order valence-electron chi connectivity index (χ2n) is 14.3. The van der Waals surface area contributed by atoms with E-state index < -0.39 is 30.0 Å². The Hall–Kier alpha value is -4.07. The molecule has 2 aromatic rings. The molecule has 0 aliphatic carbocycles. The summed E-state index contributed by atoms with van der Waals surface area (Å²) < 4.78 is 0. The Morgan fingerprint density at radius 1 is 0.857 bits per heavy atom. The van der Waals surface area contributed by atoms with Crippen LogP contribution in [-0.4, -0.2) is 65.2 Å². The van der Waals surface area contributed by atoms with Gasteiger partial charge >= 0.3 is 0 Å². The lowest BCUT2D eigenvalue weighted by atomic mass is 9.87. The largest absolute Gasteiger partial charge is 0.345 e. The Bertz CT molecular complexity index is 1410. The highest BCUT2D eigenvalue weighted by Gasteiger charge is 2.45. The number of unbranched alkanes of at least 4 members (excludes halogenated alkanes) is 1. The minimum absolute atomic E-state index is 0.00784. The van der Waals surface area contributed by atoms with Gasteiger partial charge in [0.25, 0.3) is 0 Å². The van der Waals surface area contributed by atoms with Gasteiger partial charge < -0.3 is 27.0 Å². The average Bonchev–Trinajstić information content (AvgIpc) is 3.36. The van der Waals surface area contributed by atoms with Gasteiger partial charge in [-0.1, -0.05) is 74.5 Å². The number of benzene rings is 2. The standard InChI is InChI=1S/C39H54N6O4/c1-26(2)19-30(37(47)43-34(15-9-10-18-40)39(49)45-31-16-17-32(45)21-29(20-31)25-41)24-36(46)35(23-28-13-7-4-8-14-28)44-38(48)33(42)22-27-11-5-3-6-12-27/h3-8,11-14,26,29-35H,9-10,15-24,40,42H2,1-2H3,(H,43,47)(H,44,48). The zero-order valence-corrected chi connectivity index (χ0v) is 29.1. The van der Waals surface area contributed by atoms with Crippen molar-refractivity contribution in [1.29, 1.82) is 5.26 Å². The van der Waals surface area contributed by atoms with Crippen molar-refractivity contribution in [3.05, 3.63) is 71.8 Å². The molecule has 6 unspecified atom stereocenters. The van der Waals surface area contributed by atoms with Gasteiger partial charge in [-0.2, -0.15) is 5.26 Å². The van der Waals surface area contributed by atoms with E-state index >= 15 is 0 Å². The van der Waals surface area contributed by atoms with E-state index in [1.165, 1.54) is 0 Å². The van der Waals surface area contributed by atoms with Crippen LogP contribution >= 0.6 is 0 Å². The number of fused-ring (bicyclic) bond motifs is 2. The van der Waals surface area contributed by atoms with Gasteiger partial charge in [0.15, 0.2) is 5.78 Å². The van der Waals surface area contributed by atoms with Crippen LogP contribution in [-0.2, 0) is 32.0 Å². The first-order chi connectivity index (χ1) is 23.6. The van der Waals surface area contributed by atoms with Crippen molar-refractivity contribution in [2.75, 3.05) is 6.54 Å². The van der Waals surface area contributed by atoms with Crippen molar-refractivity contribution < 1.29 is 19.2 Å². The predicted octanol–water partition coefficient (Wildman–Crippen LogP) is 3.81. The smallest absolute Gasteiger partial charge is 0.245 e. The summed E-state index contributed by atoms with van der Waals surface area (Å²) in [6.07, 6.45) is 5.87. The summed E-state index contributed by atoms with van der Waals surface area (Å²) in [5, 5.41) is 15.5. The summed E-state index contributed by atoms with van der Waals surface area (Å²) >= 11 is 0. The number of carbonyl (C=O) groups is 4. The average molecular weight is 671 g/mol. The quantitative estimate of drug-likeness (QED) is 0.175. The SMILES string of the molecule is CC(C)CC(CC(=O)C(Cc1ccccc1)NC(=O)C(N)Cc1ccccc1)C(=O)NC(CCCCN)C(=O)N1C2CCC1CC(C#N)C2. The molecule has 6 atom stereocenters. The molecule has 4 rings (SSSR count). The highest BCUT2D eigenvalue weighted by atomic mass is 16.2. The second kappa shape index (κ2) is 18.6. The highest BCUT2D eigenvalue weighted by molar-refractivity contribution is 5.95. The molecule has 264 valence electrons. The van der Waals surface area contributed by atoms with E-state index in [-0.39, 0.29) is 54.4 Å². The number of hydrogen-bond acceptors (Lipinski definition) is 7. The van der Waals surface area contributed by atoms with Crippen LogP contribution in [0.3, 0.4) is 0 Å². The second-order valence-corrected chi connectivity index (χ2v) is 14.3. The third-order valence-corrected chi connectivity index (χ3v) is 9.93. The first-order valence-electron chi connectivity index (χ1n) is 18.0. The van der Waals surface area contributed by atoms with E-state index in [1.807, 2.05) is 79.4 Å². The Morgan fingerprint density at radius 3 is 1.98 bits per heavy atom.